The number of carbonyl (C=O) groups is 1. The van der Waals surface area contributed by atoms with Gasteiger partial charge in [-0.25, -0.2) is 0 Å². The van der Waals surface area contributed by atoms with Gasteiger partial charge in [0.2, 0.25) is 0 Å². The molecule has 1 aromatic carbocycles. The van der Waals surface area contributed by atoms with Crippen LogP contribution in [0.25, 0.3) is 11.3 Å². The Bertz CT molecular complexity index is 997. The second kappa shape index (κ2) is 7.42. The van der Waals surface area contributed by atoms with Gasteiger partial charge < -0.3 is 10.1 Å². The molecule has 3 aromatic rings. The van der Waals surface area contributed by atoms with Crippen molar-refractivity contribution in [2.75, 3.05) is 6.54 Å². The van der Waals surface area contributed by atoms with Crippen molar-refractivity contribution in [3.63, 3.8) is 0 Å². The normalized spacial score (nSPS) is 15.4. The number of rotatable bonds is 5. The van der Waals surface area contributed by atoms with Crippen LogP contribution >= 0.6 is 0 Å². The van der Waals surface area contributed by atoms with Gasteiger partial charge in [0.25, 0.3) is 5.91 Å². The molecule has 1 aliphatic heterocycles. The number of hydrogen-bond donors (Lipinski definition) is 2. The van der Waals surface area contributed by atoms with Gasteiger partial charge in [0.15, 0.2) is 0 Å². The van der Waals surface area contributed by atoms with Gasteiger partial charge in [-0.1, -0.05) is 19.9 Å². The third-order valence-electron chi connectivity index (χ3n) is 4.82. The third-order valence-corrected chi connectivity index (χ3v) is 4.82. The topological polar surface area (TPSA) is 92.8 Å². The van der Waals surface area contributed by atoms with Crippen LogP contribution in [0.2, 0.25) is 0 Å². The van der Waals surface area contributed by atoms with Crippen molar-refractivity contribution in [1.29, 1.82) is 0 Å². The van der Waals surface area contributed by atoms with E-state index in [0.717, 1.165) is 40.2 Å². The van der Waals surface area contributed by atoms with Crippen LogP contribution in [0, 0.1) is 6.92 Å². The zero-order chi connectivity index (χ0) is 19.7. The molecule has 0 bridgehead atoms. The van der Waals surface area contributed by atoms with Crippen LogP contribution in [-0.4, -0.2) is 38.7 Å². The van der Waals surface area contributed by atoms with Crippen molar-refractivity contribution in [3.8, 4) is 17.0 Å². The summed E-state index contributed by atoms with van der Waals surface area (Å²) < 4.78 is 6.17. The number of nitrogens with zero attached hydrogens (tertiary/aromatic N) is 3. The number of ether oxygens (including phenoxy) is 1. The minimum Gasteiger partial charge on any atom is -0.487 e. The second-order valence-electron chi connectivity index (χ2n) is 7.41. The maximum absolute atomic E-state index is 12.4. The summed E-state index contributed by atoms with van der Waals surface area (Å²) in [5.41, 5.74) is 5.33. The molecule has 4 rings (SSSR count). The van der Waals surface area contributed by atoms with Crippen LogP contribution in [-0.2, 0) is 6.42 Å². The van der Waals surface area contributed by atoms with Crippen molar-refractivity contribution in [2.24, 2.45) is 0 Å². The molecule has 3 heterocycles. The van der Waals surface area contributed by atoms with E-state index in [1.807, 2.05) is 0 Å². The Hall–Kier alpha value is -3.22. The maximum Gasteiger partial charge on any atom is 0.271 e. The first-order valence-corrected chi connectivity index (χ1v) is 9.41. The first kappa shape index (κ1) is 18.2. The van der Waals surface area contributed by atoms with Crippen LogP contribution in [0.3, 0.4) is 0 Å². The second-order valence-corrected chi connectivity index (χ2v) is 7.41. The highest BCUT2D eigenvalue weighted by molar-refractivity contribution is 5.92. The molecule has 2 N–H and O–H groups in total. The standard InChI is InChI=1S/C21H23N5O2/c1-12(2)17-9-18(26-25-17)21(27)24-10-15-8-14-6-13(3)7-16(20(14)28-15)19-11-22-4-5-23-19/h4-7,9,11-12,15H,8,10H2,1-3H3,(H,24,27)(H,25,26). The van der Waals surface area contributed by atoms with Gasteiger partial charge >= 0.3 is 0 Å². The quantitative estimate of drug-likeness (QED) is 0.713. The number of carbonyl (C=O) groups excluding carboxylic acids is 1. The minimum atomic E-state index is -0.201. The van der Waals surface area contributed by atoms with Crippen LogP contribution in [0.4, 0.5) is 0 Å². The van der Waals surface area contributed by atoms with E-state index in [2.05, 4.69) is 58.4 Å². The molecule has 7 nitrogen and oxygen atoms in total. The summed E-state index contributed by atoms with van der Waals surface area (Å²) in [5.74, 6) is 0.921. The van der Waals surface area contributed by atoms with Crippen molar-refractivity contribution < 1.29 is 9.53 Å². The molecule has 2 aromatic heterocycles. The largest absolute Gasteiger partial charge is 0.487 e. The summed E-state index contributed by atoms with van der Waals surface area (Å²) in [4.78, 5) is 20.9. The maximum atomic E-state index is 12.4. The van der Waals surface area contributed by atoms with Crippen LogP contribution < -0.4 is 10.1 Å². The van der Waals surface area contributed by atoms with E-state index in [-0.39, 0.29) is 12.0 Å². The molecule has 0 fully saturated rings. The van der Waals surface area contributed by atoms with Gasteiger partial charge in [0.1, 0.15) is 17.5 Å². The lowest BCUT2D eigenvalue weighted by atomic mass is 10.0. The molecule has 0 saturated heterocycles. The number of nitrogens with one attached hydrogen (secondary N) is 2. The molecule has 144 valence electrons. The van der Waals surface area contributed by atoms with Gasteiger partial charge in [0.05, 0.1) is 18.4 Å². The smallest absolute Gasteiger partial charge is 0.271 e. The van der Waals surface area contributed by atoms with Crippen molar-refractivity contribution in [1.82, 2.24) is 25.5 Å². The number of H-pyrrole nitrogens is 1. The first-order valence-electron chi connectivity index (χ1n) is 9.41. The van der Waals surface area contributed by atoms with Crippen molar-refractivity contribution in [3.05, 3.63) is 59.3 Å². The van der Waals surface area contributed by atoms with Gasteiger partial charge in [-0.05, 0) is 36.1 Å². The molecular weight excluding hydrogens is 354 g/mol. The molecule has 0 spiro atoms. The lowest BCUT2D eigenvalue weighted by molar-refractivity contribution is 0.0928. The SMILES string of the molecule is Cc1cc2c(c(-c3cnccn3)c1)OC(CNC(=O)c1cc(C(C)C)[nH]n1)C2. The molecule has 28 heavy (non-hydrogen) atoms. The van der Waals surface area contributed by atoms with Crippen LogP contribution in [0.1, 0.15) is 47.1 Å². The average Bonchev–Trinajstić information content (AvgIpc) is 3.33. The predicted octanol–water partition coefficient (Wildman–Crippen LogP) is 3.03. The fraction of sp³-hybridized carbons (Fsp3) is 0.333. The van der Waals surface area contributed by atoms with E-state index in [1.165, 1.54) is 0 Å². The molecule has 7 heteroatoms. The summed E-state index contributed by atoms with van der Waals surface area (Å²) >= 11 is 0. The zero-order valence-electron chi connectivity index (χ0n) is 16.2. The molecular formula is C21H23N5O2. The average molecular weight is 377 g/mol. The Kier molecular flexibility index (Phi) is 4.81. The highest BCUT2D eigenvalue weighted by Crippen LogP contribution is 2.38. The molecule has 1 atom stereocenters. The Morgan fingerprint density at radius 1 is 1.32 bits per heavy atom. The fourth-order valence-electron chi connectivity index (χ4n) is 3.38. The highest BCUT2D eigenvalue weighted by atomic mass is 16.5. The minimum absolute atomic E-state index is 0.125. The highest BCUT2D eigenvalue weighted by Gasteiger charge is 2.27. The monoisotopic (exact) mass is 377 g/mol. The van der Waals surface area contributed by atoms with Crippen LogP contribution in [0.5, 0.6) is 5.75 Å². The number of aryl methyl sites for hydroxylation is 1. The first-order chi connectivity index (χ1) is 13.5. The summed E-state index contributed by atoms with van der Waals surface area (Å²) in [6.07, 6.45) is 5.67. The Morgan fingerprint density at radius 3 is 2.89 bits per heavy atom. The molecule has 1 amide bonds. The summed E-state index contributed by atoms with van der Waals surface area (Å²) in [5, 5.41) is 9.93. The lowest BCUT2D eigenvalue weighted by Crippen LogP contribution is -2.34. The molecule has 1 aliphatic rings. The van der Waals surface area contributed by atoms with Crippen molar-refractivity contribution in [2.45, 2.75) is 39.2 Å². The molecule has 0 saturated carbocycles. The van der Waals surface area contributed by atoms with E-state index in [1.54, 1.807) is 24.7 Å². The molecule has 0 aliphatic carbocycles. The number of fused-ring (bicyclic) bond motifs is 1. The lowest BCUT2D eigenvalue weighted by Gasteiger charge is -2.13. The zero-order valence-corrected chi connectivity index (χ0v) is 16.2. The van der Waals surface area contributed by atoms with Gasteiger partial charge in [0, 0.05) is 30.1 Å². The molecule has 1 unspecified atom stereocenters. The summed E-state index contributed by atoms with van der Waals surface area (Å²) in [6.45, 7) is 6.57. The number of aromatic amines is 1. The van der Waals surface area contributed by atoms with E-state index in [0.29, 0.717) is 18.2 Å². The Labute approximate surface area is 163 Å². The number of amides is 1. The van der Waals surface area contributed by atoms with Crippen molar-refractivity contribution >= 4 is 5.91 Å². The van der Waals surface area contributed by atoms with E-state index in [4.69, 9.17) is 4.74 Å². The van der Waals surface area contributed by atoms with E-state index in [9.17, 15) is 4.79 Å². The molecule has 0 radical (unpaired) electrons. The Morgan fingerprint density at radius 2 is 2.18 bits per heavy atom. The number of benzene rings is 1. The Balaban J connectivity index is 1.46. The van der Waals surface area contributed by atoms with Gasteiger partial charge in [-0.2, -0.15) is 5.10 Å². The number of hydrogen-bond acceptors (Lipinski definition) is 5. The predicted molar refractivity (Wildman–Crippen MR) is 105 cm³/mol. The fourth-order valence-corrected chi connectivity index (χ4v) is 3.38. The summed E-state index contributed by atoms with van der Waals surface area (Å²) in [7, 11) is 0. The van der Waals surface area contributed by atoms with Gasteiger partial charge in [-0.15, -0.1) is 0 Å². The third kappa shape index (κ3) is 3.60. The summed E-state index contributed by atoms with van der Waals surface area (Å²) in [6, 6.07) is 5.97. The number of aromatic nitrogens is 4. The van der Waals surface area contributed by atoms with E-state index >= 15 is 0 Å². The van der Waals surface area contributed by atoms with Crippen LogP contribution in [0.15, 0.2) is 36.8 Å². The van der Waals surface area contributed by atoms with Gasteiger partial charge in [-0.3, -0.25) is 19.9 Å². The van der Waals surface area contributed by atoms with E-state index < -0.39 is 0 Å².